The fraction of sp³-hybridized carbons (Fsp3) is 0.312. The highest BCUT2D eigenvalue weighted by Gasteiger charge is 2.08. The largest absolute Gasteiger partial charge is 0.459 e. The molecule has 0 aliphatic heterocycles. The van der Waals surface area contributed by atoms with Crippen LogP contribution in [0.25, 0.3) is 11.3 Å². The second-order valence-electron chi connectivity index (χ2n) is 5.29. The number of halogens is 1. The molecule has 0 aliphatic rings. The van der Waals surface area contributed by atoms with Crippen LogP contribution in [0.3, 0.4) is 0 Å². The average molecular weight is 332 g/mol. The van der Waals surface area contributed by atoms with Crippen molar-refractivity contribution < 1.29 is 4.42 Å². The molecule has 0 saturated heterocycles. The molecule has 0 atom stereocenters. The van der Waals surface area contributed by atoms with E-state index in [0.29, 0.717) is 12.5 Å². The van der Waals surface area contributed by atoms with E-state index in [9.17, 15) is 0 Å². The summed E-state index contributed by atoms with van der Waals surface area (Å²) in [4.78, 5) is 1.57. The van der Waals surface area contributed by atoms with Crippen LogP contribution in [-0.4, -0.2) is 20.2 Å². The number of hydrogen-bond donors (Lipinski definition) is 1. The molecule has 0 bridgehead atoms. The number of aromatic nitrogens is 4. The van der Waals surface area contributed by atoms with Gasteiger partial charge in [0.25, 0.3) is 5.95 Å². The van der Waals surface area contributed by atoms with Gasteiger partial charge in [0, 0.05) is 10.6 Å². The Morgan fingerprint density at radius 3 is 2.91 bits per heavy atom. The third-order valence-electron chi connectivity index (χ3n) is 3.42. The lowest BCUT2D eigenvalue weighted by molar-refractivity contribution is 0.514. The van der Waals surface area contributed by atoms with Crippen LogP contribution in [0.4, 0.5) is 5.95 Å². The fourth-order valence-electron chi connectivity index (χ4n) is 2.15. The monoisotopic (exact) mass is 331 g/mol. The van der Waals surface area contributed by atoms with Crippen molar-refractivity contribution >= 4 is 17.5 Å². The summed E-state index contributed by atoms with van der Waals surface area (Å²) < 4.78 is 5.84. The van der Waals surface area contributed by atoms with E-state index in [1.165, 1.54) is 0 Å². The molecule has 1 aromatic carbocycles. The van der Waals surface area contributed by atoms with Crippen molar-refractivity contribution in [1.29, 1.82) is 0 Å². The van der Waals surface area contributed by atoms with Crippen LogP contribution < -0.4 is 5.32 Å². The number of aryl methyl sites for hydroxylation is 2. The van der Waals surface area contributed by atoms with Crippen LogP contribution in [0.2, 0.25) is 5.02 Å². The summed E-state index contributed by atoms with van der Waals surface area (Å²) in [7, 11) is 0. The standard InChI is InChI=1S/C16H18ClN5O/c1-3-8-22-20-16(19-21-22)18-10-13-6-7-15(23-13)12-5-4-11(2)14(17)9-12/h4-7,9H,3,8,10H2,1-2H3,(H,18,20). The van der Waals surface area contributed by atoms with Gasteiger partial charge in [-0.15, -0.1) is 5.10 Å². The van der Waals surface area contributed by atoms with E-state index < -0.39 is 0 Å². The van der Waals surface area contributed by atoms with Crippen molar-refractivity contribution in [2.75, 3.05) is 5.32 Å². The Labute approximate surface area is 139 Å². The molecule has 0 radical (unpaired) electrons. The summed E-state index contributed by atoms with van der Waals surface area (Å²) >= 11 is 6.16. The Morgan fingerprint density at radius 2 is 2.13 bits per heavy atom. The minimum absolute atomic E-state index is 0.495. The predicted molar refractivity (Wildman–Crippen MR) is 89.3 cm³/mol. The molecule has 120 valence electrons. The normalized spacial score (nSPS) is 10.9. The van der Waals surface area contributed by atoms with Crippen LogP contribution in [0.15, 0.2) is 34.7 Å². The van der Waals surface area contributed by atoms with Crippen molar-refractivity contribution in [1.82, 2.24) is 20.2 Å². The number of benzene rings is 1. The lowest BCUT2D eigenvalue weighted by Gasteiger charge is -2.01. The highest BCUT2D eigenvalue weighted by atomic mass is 35.5. The molecule has 0 amide bonds. The van der Waals surface area contributed by atoms with E-state index in [0.717, 1.165) is 40.6 Å². The van der Waals surface area contributed by atoms with Gasteiger partial charge >= 0.3 is 0 Å². The Morgan fingerprint density at radius 1 is 1.26 bits per heavy atom. The Balaban J connectivity index is 1.65. The number of hydrogen-bond acceptors (Lipinski definition) is 5. The molecule has 7 heteroatoms. The summed E-state index contributed by atoms with van der Waals surface area (Å²) in [5, 5.41) is 16.0. The third kappa shape index (κ3) is 3.71. The van der Waals surface area contributed by atoms with Gasteiger partial charge in [0.05, 0.1) is 13.1 Å². The molecule has 0 saturated carbocycles. The Kier molecular flexibility index (Phi) is 4.62. The van der Waals surface area contributed by atoms with E-state index >= 15 is 0 Å². The van der Waals surface area contributed by atoms with Gasteiger partial charge in [-0.3, -0.25) is 0 Å². The van der Waals surface area contributed by atoms with Gasteiger partial charge in [-0.05, 0) is 42.3 Å². The van der Waals surface area contributed by atoms with E-state index in [-0.39, 0.29) is 0 Å². The van der Waals surface area contributed by atoms with Crippen molar-refractivity contribution in [2.24, 2.45) is 0 Å². The number of anilines is 1. The molecule has 3 aromatic rings. The number of rotatable bonds is 6. The fourth-order valence-corrected chi connectivity index (χ4v) is 2.33. The maximum absolute atomic E-state index is 6.16. The molecule has 0 aliphatic carbocycles. The van der Waals surface area contributed by atoms with Crippen LogP contribution >= 0.6 is 11.6 Å². The first-order chi connectivity index (χ1) is 11.2. The first-order valence-electron chi connectivity index (χ1n) is 7.52. The van der Waals surface area contributed by atoms with Crippen molar-refractivity contribution in [3.8, 4) is 11.3 Å². The average Bonchev–Trinajstić information content (AvgIpc) is 3.18. The lowest BCUT2D eigenvalue weighted by atomic mass is 10.1. The zero-order valence-corrected chi connectivity index (χ0v) is 13.8. The SMILES string of the molecule is CCCn1nnc(NCc2ccc(-c3ccc(C)c(Cl)c3)o2)n1. The van der Waals surface area contributed by atoms with E-state index in [2.05, 4.69) is 27.7 Å². The highest BCUT2D eigenvalue weighted by molar-refractivity contribution is 6.31. The molecule has 2 heterocycles. The van der Waals surface area contributed by atoms with Crippen molar-refractivity contribution in [3.05, 3.63) is 46.7 Å². The van der Waals surface area contributed by atoms with Crippen LogP contribution in [0.1, 0.15) is 24.7 Å². The maximum atomic E-state index is 6.16. The topological polar surface area (TPSA) is 68.8 Å². The van der Waals surface area contributed by atoms with Crippen LogP contribution in [0.5, 0.6) is 0 Å². The van der Waals surface area contributed by atoms with Gasteiger partial charge in [0.1, 0.15) is 11.5 Å². The summed E-state index contributed by atoms with van der Waals surface area (Å²) in [6.07, 6.45) is 0.969. The number of furan rings is 1. The van der Waals surface area contributed by atoms with Gasteiger partial charge in [-0.1, -0.05) is 35.8 Å². The molecule has 3 rings (SSSR count). The van der Waals surface area contributed by atoms with Gasteiger partial charge in [0.2, 0.25) is 0 Å². The number of nitrogens with zero attached hydrogens (tertiary/aromatic N) is 4. The minimum Gasteiger partial charge on any atom is -0.459 e. The summed E-state index contributed by atoms with van der Waals surface area (Å²) in [5.41, 5.74) is 2.00. The van der Waals surface area contributed by atoms with Gasteiger partial charge < -0.3 is 9.73 Å². The van der Waals surface area contributed by atoms with Gasteiger partial charge in [0.15, 0.2) is 0 Å². The number of nitrogens with one attached hydrogen (secondary N) is 1. The minimum atomic E-state index is 0.495. The second kappa shape index (κ2) is 6.83. The maximum Gasteiger partial charge on any atom is 0.263 e. The molecule has 0 fully saturated rings. The molecular weight excluding hydrogens is 314 g/mol. The summed E-state index contributed by atoms with van der Waals surface area (Å²) in [6.45, 7) is 5.30. The smallest absolute Gasteiger partial charge is 0.263 e. The molecular formula is C16H18ClN5O. The van der Waals surface area contributed by atoms with Crippen molar-refractivity contribution in [2.45, 2.75) is 33.4 Å². The van der Waals surface area contributed by atoms with Crippen LogP contribution in [0, 0.1) is 6.92 Å². The van der Waals surface area contributed by atoms with Crippen LogP contribution in [-0.2, 0) is 13.1 Å². The molecule has 6 nitrogen and oxygen atoms in total. The zero-order valence-electron chi connectivity index (χ0n) is 13.1. The first-order valence-corrected chi connectivity index (χ1v) is 7.90. The molecule has 1 N–H and O–H groups in total. The molecule has 2 aromatic heterocycles. The Bertz CT molecular complexity index is 795. The highest BCUT2D eigenvalue weighted by Crippen LogP contribution is 2.27. The third-order valence-corrected chi connectivity index (χ3v) is 3.82. The van der Waals surface area contributed by atoms with E-state index in [1.54, 1.807) is 4.80 Å². The Hall–Kier alpha value is -2.34. The quantitative estimate of drug-likeness (QED) is 0.741. The van der Waals surface area contributed by atoms with Crippen molar-refractivity contribution in [3.63, 3.8) is 0 Å². The van der Waals surface area contributed by atoms with E-state index in [1.807, 2.05) is 37.3 Å². The number of tetrazole rings is 1. The van der Waals surface area contributed by atoms with Gasteiger partial charge in [-0.25, -0.2) is 0 Å². The second-order valence-corrected chi connectivity index (χ2v) is 5.70. The lowest BCUT2D eigenvalue weighted by Crippen LogP contribution is -2.03. The molecule has 23 heavy (non-hydrogen) atoms. The van der Waals surface area contributed by atoms with E-state index in [4.69, 9.17) is 16.0 Å². The molecule has 0 spiro atoms. The summed E-state index contributed by atoms with van der Waals surface area (Å²) in [6, 6.07) is 9.74. The predicted octanol–water partition coefficient (Wildman–Crippen LogP) is 3.92. The molecule has 0 unspecified atom stereocenters. The first kappa shape index (κ1) is 15.6. The zero-order chi connectivity index (χ0) is 16.2. The summed E-state index contributed by atoms with van der Waals surface area (Å²) in [5.74, 6) is 2.07. The van der Waals surface area contributed by atoms with Gasteiger partial charge in [-0.2, -0.15) is 4.80 Å².